The lowest BCUT2D eigenvalue weighted by Crippen LogP contribution is -2.07. The third kappa shape index (κ3) is 2.90. The monoisotopic (exact) mass is 409 g/mol. The molecule has 0 bridgehead atoms. The second-order valence-corrected chi connectivity index (χ2v) is 6.01. The average Bonchev–Trinajstić information content (AvgIpc) is 2.61. The van der Waals surface area contributed by atoms with Gasteiger partial charge in [-0.1, -0.05) is 11.6 Å². The highest BCUT2D eigenvalue weighted by molar-refractivity contribution is 14.1. The number of rotatable bonds is 3. The molecular formula is C13H14ClFIN3O. The minimum atomic E-state index is -1.46. The molecule has 0 radical (unpaired) electrons. The Morgan fingerprint density at radius 1 is 1.40 bits per heavy atom. The van der Waals surface area contributed by atoms with Gasteiger partial charge in [-0.05, 0) is 48.1 Å². The number of aryl methyl sites for hydroxylation is 3. The first-order chi connectivity index (χ1) is 9.31. The third-order valence-corrected chi connectivity index (χ3v) is 4.21. The number of nitrogens with zero attached hydrogens (tertiary/aromatic N) is 3. The number of hydrogen-bond acceptors (Lipinski definition) is 3. The van der Waals surface area contributed by atoms with E-state index in [0.29, 0.717) is 11.4 Å². The van der Waals surface area contributed by atoms with Crippen LogP contribution in [0.25, 0.3) is 11.4 Å². The molecule has 0 saturated heterocycles. The van der Waals surface area contributed by atoms with Crippen LogP contribution in [0.1, 0.15) is 18.2 Å². The van der Waals surface area contributed by atoms with E-state index in [2.05, 4.69) is 32.7 Å². The number of pyridine rings is 1. The molecule has 0 fully saturated rings. The van der Waals surface area contributed by atoms with Crippen molar-refractivity contribution in [3.8, 4) is 17.3 Å². The summed E-state index contributed by atoms with van der Waals surface area (Å²) in [4.78, 5) is 4.52. The topological polar surface area (TPSA) is 39.9 Å². The fraction of sp³-hybridized carbons (Fsp3) is 0.385. The summed E-state index contributed by atoms with van der Waals surface area (Å²) >= 11 is 8.48. The second-order valence-electron chi connectivity index (χ2n) is 4.47. The zero-order valence-electron chi connectivity index (χ0n) is 11.5. The van der Waals surface area contributed by atoms with Crippen LogP contribution >= 0.6 is 34.2 Å². The van der Waals surface area contributed by atoms with E-state index in [9.17, 15) is 4.39 Å². The first-order valence-corrected chi connectivity index (χ1v) is 7.44. The van der Waals surface area contributed by atoms with Crippen molar-refractivity contribution >= 4 is 34.2 Å². The van der Waals surface area contributed by atoms with Gasteiger partial charge in [0.05, 0.1) is 11.4 Å². The minimum Gasteiger partial charge on any atom is -0.442 e. The predicted molar refractivity (Wildman–Crippen MR) is 84.8 cm³/mol. The van der Waals surface area contributed by atoms with Crippen molar-refractivity contribution in [2.45, 2.75) is 27.1 Å². The molecule has 0 saturated carbocycles. The van der Waals surface area contributed by atoms with Crippen LogP contribution in [0.15, 0.2) is 6.07 Å². The smallest absolute Gasteiger partial charge is 0.237 e. The fourth-order valence-electron chi connectivity index (χ4n) is 1.83. The number of hydrogen-bond donors (Lipinski definition) is 0. The molecule has 2 aromatic rings. The Hall–Kier alpha value is -0.890. The molecule has 0 aromatic carbocycles. The number of aromatic nitrogens is 3. The SMILES string of the molecule is Cc1cc(I)c(C)nc1-c1nn(C)c(OC(C)F)c1Cl. The van der Waals surface area contributed by atoms with Gasteiger partial charge in [0, 0.05) is 17.5 Å². The van der Waals surface area contributed by atoms with Gasteiger partial charge in [0.25, 0.3) is 0 Å². The Kier molecular flexibility index (Phi) is 4.53. The van der Waals surface area contributed by atoms with Gasteiger partial charge < -0.3 is 4.74 Å². The van der Waals surface area contributed by atoms with Gasteiger partial charge in [0.1, 0.15) is 10.7 Å². The molecule has 1 unspecified atom stereocenters. The van der Waals surface area contributed by atoms with E-state index in [1.807, 2.05) is 19.9 Å². The summed E-state index contributed by atoms with van der Waals surface area (Å²) in [6, 6.07) is 2.02. The Bertz CT molecular complexity index is 658. The molecule has 4 nitrogen and oxygen atoms in total. The summed E-state index contributed by atoms with van der Waals surface area (Å²) in [7, 11) is 1.65. The van der Waals surface area contributed by atoms with Crippen LogP contribution < -0.4 is 4.74 Å². The lowest BCUT2D eigenvalue weighted by atomic mass is 10.1. The summed E-state index contributed by atoms with van der Waals surface area (Å²) in [5.74, 6) is 0.203. The molecule has 0 aliphatic rings. The van der Waals surface area contributed by atoms with E-state index in [4.69, 9.17) is 16.3 Å². The van der Waals surface area contributed by atoms with E-state index < -0.39 is 6.36 Å². The van der Waals surface area contributed by atoms with Gasteiger partial charge in [0.2, 0.25) is 12.2 Å². The van der Waals surface area contributed by atoms with Crippen molar-refractivity contribution in [2.75, 3.05) is 0 Å². The van der Waals surface area contributed by atoms with E-state index in [-0.39, 0.29) is 10.9 Å². The Morgan fingerprint density at radius 2 is 2.05 bits per heavy atom. The van der Waals surface area contributed by atoms with E-state index in [0.717, 1.165) is 14.8 Å². The molecule has 1 atom stereocenters. The zero-order chi connectivity index (χ0) is 15.0. The quantitative estimate of drug-likeness (QED) is 0.718. The molecule has 2 aromatic heterocycles. The Balaban J connectivity index is 2.57. The standard InChI is InChI=1S/C13H14ClFIN3O/c1-6-5-9(16)7(2)17-11(6)12-10(14)13(19(4)18-12)20-8(3)15/h5,8H,1-4H3. The highest BCUT2D eigenvalue weighted by atomic mass is 127. The van der Waals surface area contributed by atoms with Gasteiger partial charge in [-0.3, -0.25) is 0 Å². The first kappa shape index (κ1) is 15.5. The molecule has 0 aliphatic carbocycles. The summed E-state index contributed by atoms with van der Waals surface area (Å²) in [5, 5.41) is 4.56. The van der Waals surface area contributed by atoms with Crippen molar-refractivity contribution < 1.29 is 9.13 Å². The molecule has 108 valence electrons. The molecule has 20 heavy (non-hydrogen) atoms. The molecule has 0 aliphatic heterocycles. The lowest BCUT2D eigenvalue weighted by molar-refractivity contribution is 0.0763. The van der Waals surface area contributed by atoms with Crippen LogP contribution in [0.2, 0.25) is 5.02 Å². The second kappa shape index (κ2) is 5.85. The van der Waals surface area contributed by atoms with Gasteiger partial charge in [-0.25, -0.2) is 14.1 Å². The molecule has 0 amide bonds. The molecule has 0 N–H and O–H groups in total. The zero-order valence-corrected chi connectivity index (χ0v) is 14.5. The lowest BCUT2D eigenvalue weighted by Gasteiger charge is -2.07. The summed E-state index contributed by atoms with van der Waals surface area (Å²) in [6.45, 7) is 5.15. The van der Waals surface area contributed by atoms with Crippen LogP contribution in [0, 0.1) is 17.4 Å². The van der Waals surface area contributed by atoms with Crippen molar-refractivity contribution in [3.63, 3.8) is 0 Å². The van der Waals surface area contributed by atoms with Crippen LogP contribution in [0.4, 0.5) is 4.39 Å². The van der Waals surface area contributed by atoms with Crippen molar-refractivity contribution in [1.29, 1.82) is 0 Å². The van der Waals surface area contributed by atoms with E-state index >= 15 is 0 Å². The van der Waals surface area contributed by atoms with Crippen LogP contribution in [0.5, 0.6) is 5.88 Å². The average molecular weight is 410 g/mol. The van der Waals surface area contributed by atoms with Gasteiger partial charge in [0.15, 0.2) is 0 Å². The maximum Gasteiger partial charge on any atom is 0.237 e. The van der Waals surface area contributed by atoms with Crippen molar-refractivity contribution in [2.24, 2.45) is 7.05 Å². The summed E-state index contributed by atoms with van der Waals surface area (Å²) in [6.07, 6.45) is -1.46. The number of alkyl halides is 1. The fourth-order valence-corrected chi connectivity index (χ4v) is 2.71. The highest BCUT2D eigenvalue weighted by Gasteiger charge is 2.21. The van der Waals surface area contributed by atoms with Crippen molar-refractivity contribution in [1.82, 2.24) is 14.8 Å². The molecule has 0 spiro atoms. The van der Waals surface area contributed by atoms with Crippen LogP contribution in [0.3, 0.4) is 0 Å². The maximum absolute atomic E-state index is 13.0. The van der Waals surface area contributed by atoms with E-state index in [1.54, 1.807) is 7.05 Å². The Labute approximate surface area is 135 Å². The predicted octanol–water partition coefficient (Wildman–Crippen LogP) is 4.05. The van der Waals surface area contributed by atoms with Crippen LogP contribution in [-0.4, -0.2) is 21.1 Å². The molecule has 2 heterocycles. The number of ether oxygens (including phenoxy) is 1. The molecule has 7 heteroatoms. The van der Waals surface area contributed by atoms with Crippen molar-refractivity contribution in [3.05, 3.63) is 25.9 Å². The molecule has 2 rings (SSSR count). The summed E-state index contributed by atoms with van der Waals surface area (Å²) in [5.41, 5.74) is 3.04. The van der Waals surface area contributed by atoms with E-state index in [1.165, 1.54) is 11.6 Å². The summed E-state index contributed by atoms with van der Waals surface area (Å²) < 4.78 is 20.6. The van der Waals surface area contributed by atoms with Gasteiger partial charge in [-0.15, -0.1) is 0 Å². The number of halogens is 3. The largest absolute Gasteiger partial charge is 0.442 e. The maximum atomic E-state index is 13.0. The normalized spacial score (nSPS) is 12.6. The highest BCUT2D eigenvalue weighted by Crippen LogP contribution is 2.36. The Morgan fingerprint density at radius 3 is 2.65 bits per heavy atom. The first-order valence-electron chi connectivity index (χ1n) is 5.98. The third-order valence-electron chi connectivity index (χ3n) is 2.78. The van der Waals surface area contributed by atoms with Gasteiger partial charge >= 0.3 is 0 Å². The van der Waals surface area contributed by atoms with Gasteiger partial charge in [-0.2, -0.15) is 5.10 Å². The van der Waals surface area contributed by atoms with Crippen LogP contribution in [-0.2, 0) is 7.05 Å². The minimum absolute atomic E-state index is 0.203. The molecular weight excluding hydrogens is 396 g/mol.